The van der Waals surface area contributed by atoms with Crippen LogP contribution in [-0.4, -0.2) is 18.4 Å². The molecule has 5 heteroatoms. The van der Waals surface area contributed by atoms with Gasteiger partial charge in [0.05, 0.1) is 6.54 Å². The highest BCUT2D eigenvalue weighted by atomic mass is 35.5. The van der Waals surface area contributed by atoms with Gasteiger partial charge in [0.2, 0.25) is 5.91 Å². The van der Waals surface area contributed by atoms with Crippen molar-refractivity contribution in [2.45, 2.75) is 39.5 Å². The fourth-order valence-corrected chi connectivity index (χ4v) is 2.96. The van der Waals surface area contributed by atoms with Gasteiger partial charge in [0.15, 0.2) is 0 Å². The van der Waals surface area contributed by atoms with Gasteiger partial charge in [-0.3, -0.25) is 9.59 Å². The summed E-state index contributed by atoms with van der Waals surface area (Å²) in [6.07, 6.45) is 0. The fraction of sp³-hybridized carbons (Fsp3) is 0.333. The third kappa shape index (κ3) is 5.09. The Morgan fingerprint density at radius 1 is 0.962 bits per heavy atom. The lowest BCUT2D eigenvalue weighted by molar-refractivity contribution is -0.115. The molecule has 0 aromatic heterocycles. The fourth-order valence-electron chi connectivity index (χ4n) is 2.77. The molecule has 2 aromatic rings. The zero-order valence-electron chi connectivity index (χ0n) is 15.6. The summed E-state index contributed by atoms with van der Waals surface area (Å²) in [4.78, 5) is 24.6. The number of hydrogen-bond donors (Lipinski definition) is 2. The maximum atomic E-state index is 12.4. The summed E-state index contributed by atoms with van der Waals surface area (Å²) in [6, 6.07) is 12.7. The Hall–Kier alpha value is -2.33. The number of benzene rings is 2. The van der Waals surface area contributed by atoms with Crippen molar-refractivity contribution in [3.8, 4) is 0 Å². The number of rotatable bonds is 6. The molecule has 0 aliphatic heterocycles. The van der Waals surface area contributed by atoms with Crippen molar-refractivity contribution in [3.05, 3.63) is 64.2 Å². The van der Waals surface area contributed by atoms with E-state index in [2.05, 4.69) is 38.3 Å². The number of para-hydroxylation sites is 1. The van der Waals surface area contributed by atoms with Crippen molar-refractivity contribution in [1.29, 1.82) is 0 Å². The molecule has 0 unspecified atom stereocenters. The lowest BCUT2D eigenvalue weighted by Gasteiger charge is -2.20. The third-order valence-electron chi connectivity index (χ3n) is 4.13. The standard InChI is InChI=1S/C21H25ClN2O2/c1-13(2)17-9-6-10-18(14(3)4)20(17)24-19(25)12-23-21(26)15-7-5-8-16(22)11-15/h5-11,13-14H,12H2,1-4H3,(H,23,26)(H,24,25). The maximum absolute atomic E-state index is 12.4. The SMILES string of the molecule is CC(C)c1cccc(C(C)C)c1NC(=O)CNC(=O)c1cccc(Cl)c1. The average molecular weight is 373 g/mol. The second kappa shape index (κ2) is 8.86. The smallest absolute Gasteiger partial charge is 0.251 e. The average Bonchev–Trinajstić information content (AvgIpc) is 2.59. The van der Waals surface area contributed by atoms with Gasteiger partial charge in [-0.05, 0) is 41.2 Å². The van der Waals surface area contributed by atoms with E-state index in [1.165, 1.54) is 0 Å². The summed E-state index contributed by atoms with van der Waals surface area (Å²) in [7, 11) is 0. The quantitative estimate of drug-likeness (QED) is 0.753. The largest absolute Gasteiger partial charge is 0.343 e. The Kier molecular flexibility index (Phi) is 6.81. The van der Waals surface area contributed by atoms with Crippen LogP contribution in [0.2, 0.25) is 5.02 Å². The minimum absolute atomic E-state index is 0.102. The maximum Gasteiger partial charge on any atom is 0.251 e. The lowest BCUT2D eigenvalue weighted by atomic mass is 9.92. The lowest BCUT2D eigenvalue weighted by Crippen LogP contribution is -2.33. The molecule has 2 amide bonds. The molecule has 0 fully saturated rings. The van der Waals surface area contributed by atoms with Crippen molar-refractivity contribution < 1.29 is 9.59 Å². The van der Waals surface area contributed by atoms with E-state index >= 15 is 0 Å². The first-order valence-corrected chi connectivity index (χ1v) is 9.13. The molecular weight excluding hydrogens is 348 g/mol. The van der Waals surface area contributed by atoms with Crippen LogP contribution in [0, 0.1) is 0 Å². The first-order chi connectivity index (χ1) is 12.3. The number of carbonyl (C=O) groups is 2. The van der Waals surface area contributed by atoms with Gasteiger partial charge in [0.1, 0.15) is 0 Å². The molecular formula is C21H25ClN2O2. The summed E-state index contributed by atoms with van der Waals surface area (Å²) >= 11 is 5.89. The van der Waals surface area contributed by atoms with Crippen molar-refractivity contribution in [2.24, 2.45) is 0 Å². The molecule has 0 aliphatic rings. The highest BCUT2D eigenvalue weighted by molar-refractivity contribution is 6.31. The number of carbonyl (C=O) groups excluding carboxylic acids is 2. The molecule has 0 heterocycles. The number of nitrogens with one attached hydrogen (secondary N) is 2. The first-order valence-electron chi connectivity index (χ1n) is 8.76. The molecule has 4 nitrogen and oxygen atoms in total. The van der Waals surface area contributed by atoms with Gasteiger partial charge < -0.3 is 10.6 Å². The molecule has 0 spiro atoms. The zero-order valence-corrected chi connectivity index (χ0v) is 16.4. The monoisotopic (exact) mass is 372 g/mol. The molecule has 0 radical (unpaired) electrons. The van der Waals surface area contributed by atoms with Crippen LogP contribution in [0.4, 0.5) is 5.69 Å². The Balaban J connectivity index is 2.09. The van der Waals surface area contributed by atoms with E-state index in [1.54, 1.807) is 24.3 Å². The van der Waals surface area contributed by atoms with E-state index in [4.69, 9.17) is 11.6 Å². The summed E-state index contributed by atoms with van der Waals surface area (Å²) in [5.41, 5.74) is 3.45. The number of anilines is 1. The first kappa shape index (κ1) is 20.0. The third-order valence-corrected chi connectivity index (χ3v) is 4.37. The molecule has 2 aromatic carbocycles. The molecule has 0 saturated carbocycles. The molecule has 0 saturated heterocycles. The molecule has 0 aliphatic carbocycles. The van der Waals surface area contributed by atoms with E-state index in [-0.39, 0.29) is 30.2 Å². The van der Waals surface area contributed by atoms with Gasteiger partial charge in [0.25, 0.3) is 5.91 Å². The topological polar surface area (TPSA) is 58.2 Å². The van der Waals surface area contributed by atoms with E-state index in [0.717, 1.165) is 16.8 Å². The normalized spacial score (nSPS) is 10.9. The van der Waals surface area contributed by atoms with Crippen LogP contribution >= 0.6 is 11.6 Å². The second-order valence-corrected chi connectivity index (χ2v) is 7.30. The summed E-state index contributed by atoms with van der Waals surface area (Å²) < 4.78 is 0. The van der Waals surface area contributed by atoms with Crippen molar-refractivity contribution in [3.63, 3.8) is 0 Å². The van der Waals surface area contributed by atoms with Crippen LogP contribution < -0.4 is 10.6 Å². The van der Waals surface area contributed by atoms with Gasteiger partial charge in [0, 0.05) is 16.3 Å². The Morgan fingerprint density at radius 2 is 1.54 bits per heavy atom. The minimum atomic E-state index is -0.330. The van der Waals surface area contributed by atoms with Gasteiger partial charge >= 0.3 is 0 Å². The van der Waals surface area contributed by atoms with Crippen molar-refractivity contribution in [1.82, 2.24) is 5.32 Å². The molecule has 2 N–H and O–H groups in total. The summed E-state index contributed by atoms with van der Waals surface area (Å²) in [5, 5.41) is 6.10. The van der Waals surface area contributed by atoms with E-state index in [9.17, 15) is 9.59 Å². The van der Waals surface area contributed by atoms with Gasteiger partial charge in [-0.15, -0.1) is 0 Å². The van der Waals surface area contributed by atoms with Crippen molar-refractivity contribution >= 4 is 29.1 Å². The predicted molar refractivity (Wildman–Crippen MR) is 107 cm³/mol. The van der Waals surface area contributed by atoms with E-state index in [1.807, 2.05) is 18.2 Å². The van der Waals surface area contributed by atoms with Crippen molar-refractivity contribution in [2.75, 3.05) is 11.9 Å². The Morgan fingerprint density at radius 3 is 2.08 bits per heavy atom. The molecule has 0 bridgehead atoms. The van der Waals surface area contributed by atoms with Gasteiger partial charge in [-0.1, -0.05) is 63.6 Å². The molecule has 0 atom stereocenters. The van der Waals surface area contributed by atoms with Crippen LogP contribution in [0.3, 0.4) is 0 Å². The number of amides is 2. The van der Waals surface area contributed by atoms with Crippen LogP contribution in [-0.2, 0) is 4.79 Å². The molecule has 26 heavy (non-hydrogen) atoms. The second-order valence-electron chi connectivity index (χ2n) is 6.86. The van der Waals surface area contributed by atoms with Gasteiger partial charge in [-0.2, -0.15) is 0 Å². The highest BCUT2D eigenvalue weighted by Crippen LogP contribution is 2.32. The number of hydrogen-bond acceptors (Lipinski definition) is 2. The van der Waals surface area contributed by atoms with Crippen LogP contribution in [0.25, 0.3) is 0 Å². The predicted octanol–water partition coefficient (Wildman–Crippen LogP) is 4.96. The van der Waals surface area contributed by atoms with E-state index < -0.39 is 0 Å². The minimum Gasteiger partial charge on any atom is -0.343 e. The Bertz CT molecular complexity index is 774. The van der Waals surface area contributed by atoms with Crippen LogP contribution in [0.15, 0.2) is 42.5 Å². The zero-order chi connectivity index (χ0) is 19.3. The van der Waals surface area contributed by atoms with Crippen LogP contribution in [0.1, 0.15) is 61.0 Å². The Labute approximate surface area is 159 Å². The molecule has 2 rings (SSSR count). The molecule has 138 valence electrons. The number of halogens is 1. The summed E-state index contributed by atoms with van der Waals surface area (Å²) in [6.45, 7) is 8.27. The van der Waals surface area contributed by atoms with E-state index in [0.29, 0.717) is 10.6 Å². The summed E-state index contributed by atoms with van der Waals surface area (Å²) in [5.74, 6) is -0.0191. The van der Waals surface area contributed by atoms with Crippen LogP contribution in [0.5, 0.6) is 0 Å². The highest BCUT2D eigenvalue weighted by Gasteiger charge is 2.16. The van der Waals surface area contributed by atoms with Gasteiger partial charge in [-0.25, -0.2) is 0 Å².